The summed E-state index contributed by atoms with van der Waals surface area (Å²) in [6.45, 7) is 7.01. The van der Waals surface area contributed by atoms with Crippen molar-refractivity contribution in [2.75, 3.05) is 19.6 Å². The van der Waals surface area contributed by atoms with Crippen LogP contribution in [0.4, 0.5) is 0 Å². The van der Waals surface area contributed by atoms with Crippen LogP contribution in [-0.2, 0) is 6.54 Å². The van der Waals surface area contributed by atoms with Crippen LogP contribution in [0.15, 0.2) is 16.8 Å². The minimum atomic E-state index is 0.883. The van der Waals surface area contributed by atoms with Crippen molar-refractivity contribution >= 4 is 11.3 Å². The predicted molar refractivity (Wildman–Crippen MR) is 80.1 cm³/mol. The molecule has 3 heteroatoms. The number of nitrogens with zero attached hydrogens (tertiary/aromatic N) is 1. The Hall–Kier alpha value is -0.380. The summed E-state index contributed by atoms with van der Waals surface area (Å²) in [5.41, 5.74) is 1.50. The molecule has 1 aromatic rings. The van der Waals surface area contributed by atoms with Gasteiger partial charge in [0.2, 0.25) is 0 Å². The van der Waals surface area contributed by atoms with Crippen molar-refractivity contribution in [3.63, 3.8) is 0 Å². The molecule has 18 heavy (non-hydrogen) atoms. The van der Waals surface area contributed by atoms with Gasteiger partial charge < -0.3 is 5.32 Å². The molecule has 2 nitrogen and oxygen atoms in total. The molecule has 1 saturated carbocycles. The second-order valence-corrected chi connectivity index (χ2v) is 6.07. The van der Waals surface area contributed by atoms with Crippen LogP contribution in [-0.4, -0.2) is 30.6 Å². The van der Waals surface area contributed by atoms with Gasteiger partial charge in [-0.05, 0) is 74.1 Å². The van der Waals surface area contributed by atoms with E-state index in [1.165, 1.54) is 57.3 Å². The molecule has 0 unspecified atom stereocenters. The molecule has 0 spiro atoms. The Bertz CT molecular complexity index is 306. The molecule has 1 aromatic heterocycles. The minimum absolute atomic E-state index is 0.883. The molecule has 102 valence electrons. The first-order chi connectivity index (χ1) is 8.90. The van der Waals surface area contributed by atoms with E-state index in [9.17, 15) is 0 Å². The van der Waals surface area contributed by atoms with E-state index in [0.29, 0.717) is 0 Å². The zero-order valence-corrected chi connectivity index (χ0v) is 12.3. The van der Waals surface area contributed by atoms with E-state index in [1.807, 2.05) is 11.3 Å². The van der Waals surface area contributed by atoms with E-state index in [0.717, 1.165) is 12.6 Å². The monoisotopic (exact) mass is 266 g/mol. The molecule has 1 fully saturated rings. The van der Waals surface area contributed by atoms with Crippen LogP contribution in [0.2, 0.25) is 0 Å². The number of hydrogen-bond acceptors (Lipinski definition) is 3. The Kier molecular flexibility index (Phi) is 6.18. The lowest BCUT2D eigenvalue weighted by molar-refractivity contribution is 0.249. The maximum Gasteiger partial charge on any atom is 0.0244 e. The van der Waals surface area contributed by atoms with Gasteiger partial charge in [-0.25, -0.2) is 0 Å². The average molecular weight is 266 g/mol. The van der Waals surface area contributed by atoms with Gasteiger partial charge in [0.15, 0.2) is 0 Å². The Morgan fingerprint density at radius 2 is 2.22 bits per heavy atom. The second kappa shape index (κ2) is 7.93. The van der Waals surface area contributed by atoms with Crippen molar-refractivity contribution < 1.29 is 0 Å². The summed E-state index contributed by atoms with van der Waals surface area (Å²) in [4.78, 5) is 2.68. The van der Waals surface area contributed by atoms with Crippen molar-refractivity contribution in [3.05, 3.63) is 22.4 Å². The predicted octanol–water partition coefficient (Wildman–Crippen LogP) is 3.49. The van der Waals surface area contributed by atoms with Gasteiger partial charge in [-0.1, -0.05) is 6.92 Å². The van der Waals surface area contributed by atoms with E-state index in [1.54, 1.807) is 0 Å². The van der Waals surface area contributed by atoms with Gasteiger partial charge >= 0.3 is 0 Å². The second-order valence-electron chi connectivity index (χ2n) is 5.29. The Morgan fingerprint density at radius 3 is 2.89 bits per heavy atom. The Labute approximate surface area is 115 Å². The molecule has 0 atom stereocenters. The van der Waals surface area contributed by atoms with Crippen LogP contribution >= 0.6 is 11.3 Å². The molecule has 0 bridgehead atoms. The zero-order valence-electron chi connectivity index (χ0n) is 11.5. The third-order valence-corrected chi connectivity index (χ3v) is 4.24. The third kappa shape index (κ3) is 5.09. The summed E-state index contributed by atoms with van der Waals surface area (Å²) >= 11 is 1.81. The van der Waals surface area contributed by atoms with Crippen LogP contribution in [0.3, 0.4) is 0 Å². The van der Waals surface area contributed by atoms with Gasteiger partial charge in [0.25, 0.3) is 0 Å². The SMILES string of the molecule is CCCNCCCCN(Cc1ccsc1)C1CC1. The Morgan fingerprint density at radius 1 is 1.33 bits per heavy atom. The standard InChI is InChI=1S/C15H26N2S/c1-2-8-16-9-3-4-10-17(15-5-6-15)12-14-7-11-18-13-14/h7,11,13,15-16H,2-6,8-10,12H2,1H3. The van der Waals surface area contributed by atoms with Gasteiger partial charge in [-0.3, -0.25) is 4.90 Å². The van der Waals surface area contributed by atoms with Gasteiger partial charge in [0.05, 0.1) is 0 Å². The summed E-state index contributed by atoms with van der Waals surface area (Å²) in [6.07, 6.45) is 6.72. The number of nitrogens with one attached hydrogen (secondary N) is 1. The fourth-order valence-electron chi connectivity index (χ4n) is 2.31. The van der Waals surface area contributed by atoms with E-state index in [4.69, 9.17) is 0 Å². The van der Waals surface area contributed by atoms with E-state index < -0.39 is 0 Å². The summed E-state index contributed by atoms with van der Waals surface area (Å²) < 4.78 is 0. The molecule has 1 aliphatic carbocycles. The van der Waals surface area contributed by atoms with Crippen molar-refractivity contribution in [3.8, 4) is 0 Å². The molecule has 0 aromatic carbocycles. The summed E-state index contributed by atoms with van der Waals surface area (Å²) in [6, 6.07) is 3.15. The van der Waals surface area contributed by atoms with Crippen LogP contribution in [0, 0.1) is 0 Å². The van der Waals surface area contributed by atoms with E-state index in [-0.39, 0.29) is 0 Å². The van der Waals surface area contributed by atoms with Crippen LogP contribution < -0.4 is 5.32 Å². The smallest absolute Gasteiger partial charge is 0.0244 e. The van der Waals surface area contributed by atoms with Gasteiger partial charge in [0, 0.05) is 12.6 Å². The molecular weight excluding hydrogens is 240 g/mol. The van der Waals surface area contributed by atoms with Gasteiger partial charge in [0.1, 0.15) is 0 Å². The molecule has 2 rings (SSSR count). The minimum Gasteiger partial charge on any atom is -0.317 e. The number of thiophene rings is 1. The highest BCUT2D eigenvalue weighted by Gasteiger charge is 2.28. The highest BCUT2D eigenvalue weighted by Crippen LogP contribution is 2.28. The topological polar surface area (TPSA) is 15.3 Å². The number of hydrogen-bond donors (Lipinski definition) is 1. The van der Waals surface area contributed by atoms with Gasteiger partial charge in [-0.15, -0.1) is 0 Å². The van der Waals surface area contributed by atoms with Crippen LogP contribution in [0.25, 0.3) is 0 Å². The van der Waals surface area contributed by atoms with Gasteiger partial charge in [-0.2, -0.15) is 11.3 Å². The summed E-state index contributed by atoms with van der Waals surface area (Å²) in [5, 5.41) is 7.96. The number of rotatable bonds is 10. The fourth-order valence-corrected chi connectivity index (χ4v) is 2.97. The maximum absolute atomic E-state index is 3.48. The van der Waals surface area contributed by atoms with Crippen molar-refractivity contribution in [2.45, 2.75) is 51.6 Å². The molecule has 1 aliphatic rings. The first kappa shape index (κ1) is 14.0. The van der Waals surface area contributed by atoms with Crippen molar-refractivity contribution in [1.82, 2.24) is 10.2 Å². The largest absolute Gasteiger partial charge is 0.317 e. The fraction of sp³-hybridized carbons (Fsp3) is 0.733. The van der Waals surface area contributed by atoms with Crippen LogP contribution in [0.1, 0.15) is 44.6 Å². The summed E-state index contributed by atoms with van der Waals surface area (Å²) in [5.74, 6) is 0. The highest BCUT2D eigenvalue weighted by molar-refractivity contribution is 7.07. The van der Waals surface area contributed by atoms with E-state index in [2.05, 4.69) is 34.0 Å². The molecular formula is C15H26N2S. The third-order valence-electron chi connectivity index (χ3n) is 3.50. The molecule has 0 aliphatic heterocycles. The molecule has 0 radical (unpaired) electrons. The number of unbranched alkanes of at least 4 members (excludes halogenated alkanes) is 1. The quantitative estimate of drug-likeness (QED) is 0.652. The highest BCUT2D eigenvalue weighted by atomic mass is 32.1. The lowest BCUT2D eigenvalue weighted by atomic mass is 10.2. The van der Waals surface area contributed by atoms with Crippen molar-refractivity contribution in [2.24, 2.45) is 0 Å². The lowest BCUT2D eigenvalue weighted by Gasteiger charge is -2.21. The average Bonchev–Trinajstić information content (AvgIpc) is 3.10. The lowest BCUT2D eigenvalue weighted by Crippen LogP contribution is -2.27. The normalized spacial score (nSPS) is 15.4. The first-order valence-corrected chi connectivity index (χ1v) is 8.30. The molecule has 1 heterocycles. The zero-order chi connectivity index (χ0) is 12.6. The maximum atomic E-state index is 3.48. The molecule has 0 saturated heterocycles. The first-order valence-electron chi connectivity index (χ1n) is 7.36. The van der Waals surface area contributed by atoms with E-state index >= 15 is 0 Å². The van der Waals surface area contributed by atoms with Crippen molar-refractivity contribution in [1.29, 1.82) is 0 Å². The molecule has 1 N–H and O–H groups in total. The molecule has 0 amide bonds. The summed E-state index contributed by atoms with van der Waals surface area (Å²) in [7, 11) is 0. The van der Waals surface area contributed by atoms with Crippen LogP contribution in [0.5, 0.6) is 0 Å². The Balaban J connectivity index is 1.61.